The molecule has 0 atom stereocenters. The van der Waals surface area contributed by atoms with Gasteiger partial charge in [0.25, 0.3) is 0 Å². The second-order valence-corrected chi connectivity index (χ2v) is 9.78. The number of aromatic hydroxyl groups is 1. The predicted molar refractivity (Wildman–Crippen MR) is 145 cm³/mol. The SMILES string of the molecule is Cc1ccc(C)c(-c2cc(-c3cccc4ccccc34)c3nc(-c4ccccc4O)sc3c2)c1. The number of aromatic nitrogens is 1. The number of hydrogen-bond acceptors (Lipinski definition) is 3. The van der Waals surface area contributed by atoms with E-state index < -0.39 is 0 Å². The molecule has 0 aliphatic rings. The Hall–Kier alpha value is -3.95. The predicted octanol–water partition coefficient (Wildman–Crippen LogP) is 8.77. The summed E-state index contributed by atoms with van der Waals surface area (Å²) < 4.78 is 1.11. The minimum absolute atomic E-state index is 0.253. The van der Waals surface area contributed by atoms with Gasteiger partial charge < -0.3 is 5.11 Å². The van der Waals surface area contributed by atoms with Crippen LogP contribution in [0.25, 0.3) is 53.8 Å². The Morgan fingerprint density at radius 2 is 1.44 bits per heavy atom. The molecular weight excluding hydrogens is 434 g/mol. The molecule has 0 spiro atoms. The molecule has 6 rings (SSSR count). The van der Waals surface area contributed by atoms with Crippen LogP contribution in [0.15, 0.2) is 97.1 Å². The zero-order valence-corrected chi connectivity index (χ0v) is 19.9. The standard InChI is InChI=1S/C31H23NOS/c1-19-14-15-20(2)26(16-19)22-17-27(24-12-7-9-21-8-3-4-10-23(21)24)30-29(18-22)34-31(32-30)25-11-5-6-13-28(25)33/h3-18,33H,1-2H3. The van der Waals surface area contributed by atoms with Crippen molar-refractivity contribution in [2.24, 2.45) is 0 Å². The molecule has 1 aromatic heterocycles. The molecule has 0 aliphatic carbocycles. The van der Waals surface area contributed by atoms with Gasteiger partial charge in [-0.3, -0.25) is 0 Å². The lowest BCUT2D eigenvalue weighted by atomic mass is 9.92. The smallest absolute Gasteiger partial charge is 0.128 e. The van der Waals surface area contributed by atoms with Crippen LogP contribution in [0.1, 0.15) is 11.1 Å². The molecule has 5 aromatic carbocycles. The molecule has 3 heteroatoms. The molecular formula is C31H23NOS. The Bertz CT molecular complexity index is 1690. The van der Waals surface area contributed by atoms with E-state index in [0.717, 1.165) is 26.4 Å². The number of fused-ring (bicyclic) bond motifs is 2. The molecule has 0 aliphatic heterocycles. The highest BCUT2D eigenvalue weighted by Crippen LogP contribution is 2.43. The van der Waals surface area contributed by atoms with Crippen LogP contribution < -0.4 is 0 Å². The van der Waals surface area contributed by atoms with Crippen molar-refractivity contribution in [3.8, 4) is 38.6 Å². The van der Waals surface area contributed by atoms with Gasteiger partial charge in [0.05, 0.1) is 15.8 Å². The summed E-state index contributed by atoms with van der Waals surface area (Å²) in [5.41, 5.74) is 8.93. The van der Waals surface area contributed by atoms with E-state index in [2.05, 4.69) is 86.6 Å². The maximum atomic E-state index is 10.5. The van der Waals surface area contributed by atoms with Gasteiger partial charge in [0.2, 0.25) is 0 Å². The lowest BCUT2D eigenvalue weighted by molar-refractivity contribution is 0.477. The monoisotopic (exact) mass is 457 g/mol. The first-order valence-corrected chi connectivity index (χ1v) is 12.2. The Morgan fingerprint density at radius 1 is 0.676 bits per heavy atom. The second-order valence-electron chi connectivity index (χ2n) is 8.75. The third-order valence-corrected chi connectivity index (χ3v) is 7.45. The van der Waals surface area contributed by atoms with Gasteiger partial charge in [0, 0.05) is 5.56 Å². The van der Waals surface area contributed by atoms with Crippen molar-refractivity contribution >= 4 is 32.3 Å². The third-order valence-electron chi connectivity index (χ3n) is 6.41. The van der Waals surface area contributed by atoms with Crippen molar-refractivity contribution in [3.05, 3.63) is 108 Å². The van der Waals surface area contributed by atoms with E-state index in [1.54, 1.807) is 17.4 Å². The van der Waals surface area contributed by atoms with Crippen molar-refractivity contribution < 1.29 is 5.11 Å². The fourth-order valence-electron chi connectivity index (χ4n) is 4.67. The zero-order valence-electron chi connectivity index (χ0n) is 19.0. The number of benzene rings is 5. The number of hydrogen-bond donors (Lipinski definition) is 1. The molecule has 0 radical (unpaired) electrons. The van der Waals surface area contributed by atoms with Crippen LogP contribution in [-0.4, -0.2) is 10.1 Å². The first-order chi connectivity index (χ1) is 16.6. The molecule has 0 unspecified atom stereocenters. The molecule has 0 bridgehead atoms. The number of rotatable bonds is 3. The molecule has 0 saturated heterocycles. The summed E-state index contributed by atoms with van der Waals surface area (Å²) in [7, 11) is 0. The average molecular weight is 458 g/mol. The van der Waals surface area contributed by atoms with Crippen LogP contribution in [0.3, 0.4) is 0 Å². The van der Waals surface area contributed by atoms with Crippen molar-refractivity contribution in [3.63, 3.8) is 0 Å². The Kier molecular flexibility index (Phi) is 4.93. The van der Waals surface area contributed by atoms with Gasteiger partial charge in [0.15, 0.2) is 0 Å². The van der Waals surface area contributed by atoms with Crippen molar-refractivity contribution in [2.45, 2.75) is 13.8 Å². The van der Waals surface area contributed by atoms with Crippen LogP contribution in [0.4, 0.5) is 0 Å². The highest BCUT2D eigenvalue weighted by Gasteiger charge is 2.17. The van der Waals surface area contributed by atoms with Gasteiger partial charge in [-0.05, 0) is 71.1 Å². The number of phenols is 1. The molecule has 0 saturated carbocycles. The maximum Gasteiger partial charge on any atom is 0.128 e. The van der Waals surface area contributed by atoms with Gasteiger partial charge >= 0.3 is 0 Å². The molecule has 2 nitrogen and oxygen atoms in total. The highest BCUT2D eigenvalue weighted by molar-refractivity contribution is 7.21. The Labute approximate surface area is 202 Å². The van der Waals surface area contributed by atoms with Crippen molar-refractivity contribution in [1.82, 2.24) is 4.98 Å². The molecule has 0 fully saturated rings. The van der Waals surface area contributed by atoms with Crippen molar-refractivity contribution in [1.29, 1.82) is 0 Å². The Balaban J connectivity index is 1.69. The van der Waals surface area contributed by atoms with Crippen molar-refractivity contribution in [2.75, 3.05) is 0 Å². The summed E-state index contributed by atoms with van der Waals surface area (Å²) in [4.78, 5) is 5.06. The first-order valence-electron chi connectivity index (χ1n) is 11.4. The number of para-hydroxylation sites is 1. The summed E-state index contributed by atoms with van der Waals surface area (Å²) in [6.45, 7) is 4.30. The van der Waals surface area contributed by atoms with E-state index >= 15 is 0 Å². The number of thiazole rings is 1. The summed E-state index contributed by atoms with van der Waals surface area (Å²) >= 11 is 1.63. The normalized spacial score (nSPS) is 11.4. The topological polar surface area (TPSA) is 33.1 Å². The number of aryl methyl sites for hydroxylation is 2. The van der Waals surface area contributed by atoms with Gasteiger partial charge in [-0.15, -0.1) is 11.3 Å². The van der Waals surface area contributed by atoms with E-state index in [9.17, 15) is 5.11 Å². The molecule has 1 heterocycles. The van der Waals surface area contributed by atoms with Gasteiger partial charge in [-0.2, -0.15) is 0 Å². The van der Waals surface area contributed by atoms with Crippen LogP contribution in [0.2, 0.25) is 0 Å². The van der Waals surface area contributed by atoms with Crippen LogP contribution >= 0.6 is 11.3 Å². The molecule has 0 amide bonds. The van der Waals surface area contributed by atoms with Crippen LogP contribution in [-0.2, 0) is 0 Å². The number of nitrogens with zero attached hydrogens (tertiary/aromatic N) is 1. The molecule has 34 heavy (non-hydrogen) atoms. The third kappa shape index (κ3) is 3.46. The van der Waals surface area contributed by atoms with E-state index in [-0.39, 0.29) is 5.75 Å². The highest BCUT2D eigenvalue weighted by atomic mass is 32.1. The molecule has 1 N–H and O–H groups in total. The summed E-state index contributed by atoms with van der Waals surface area (Å²) in [5, 5.41) is 13.7. The van der Waals surface area contributed by atoms with E-state index in [1.807, 2.05) is 18.2 Å². The lowest BCUT2D eigenvalue weighted by Crippen LogP contribution is -1.89. The summed E-state index contributed by atoms with van der Waals surface area (Å²) in [6, 6.07) is 33.5. The minimum atomic E-state index is 0.253. The largest absolute Gasteiger partial charge is 0.507 e. The number of phenolic OH excluding ortho intramolecular Hbond substituents is 1. The van der Waals surface area contributed by atoms with Gasteiger partial charge in [0.1, 0.15) is 10.8 Å². The fourth-order valence-corrected chi connectivity index (χ4v) is 5.73. The fraction of sp³-hybridized carbons (Fsp3) is 0.0645. The zero-order chi connectivity index (χ0) is 23.2. The molecule has 164 valence electrons. The minimum Gasteiger partial charge on any atom is -0.507 e. The van der Waals surface area contributed by atoms with E-state index in [4.69, 9.17) is 4.98 Å². The van der Waals surface area contributed by atoms with E-state index in [1.165, 1.54) is 38.6 Å². The van der Waals surface area contributed by atoms with Gasteiger partial charge in [-0.1, -0.05) is 78.4 Å². The Morgan fingerprint density at radius 3 is 2.32 bits per heavy atom. The van der Waals surface area contributed by atoms with Crippen LogP contribution in [0.5, 0.6) is 5.75 Å². The maximum absolute atomic E-state index is 10.5. The first kappa shape index (κ1) is 20.6. The summed E-state index contributed by atoms with van der Waals surface area (Å²) in [5.74, 6) is 0.253. The summed E-state index contributed by atoms with van der Waals surface area (Å²) in [6.07, 6.45) is 0. The average Bonchev–Trinajstić information content (AvgIpc) is 3.29. The lowest BCUT2D eigenvalue weighted by Gasteiger charge is -2.12. The quantitative estimate of drug-likeness (QED) is 0.288. The van der Waals surface area contributed by atoms with Crippen LogP contribution in [0, 0.1) is 13.8 Å². The second kappa shape index (κ2) is 8.12. The molecule has 6 aromatic rings. The van der Waals surface area contributed by atoms with E-state index in [0.29, 0.717) is 0 Å². The van der Waals surface area contributed by atoms with Gasteiger partial charge in [-0.25, -0.2) is 4.98 Å².